The van der Waals surface area contributed by atoms with E-state index in [9.17, 15) is 18.0 Å². The highest BCUT2D eigenvalue weighted by Gasteiger charge is 2.25. The molecule has 1 aromatic rings. The van der Waals surface area contributed by atoms with E-state index in [0.717, 1.165) is 0 Å². The highest BCUT2D eigenvalue weighted by atomic mass is 32.2. The number of ether oxygens (including phenoxy) is 2. The molecule has 8 heteroatoms. The third-order valence-corrected chi connectivity index (χ3v) is 2.72. The quantitative estimate of drug-likeness (QED) is 0.284. The summed E-state index contributed by atoms with van der Waals surface area (Å²) in [6, 6.07) is 7.74. The van der Waals surface area contributed by atoms with Gasteiger partial charge in [-0.3, -0.25) is 4.55 Å². The van der Waals surface area contributed by atoms with Crippen LogP contribution in [-0.4, -0.2) is 24.9 Å². The fourth-order valence-electron chi connectivity index (χ4n) is 1.11. The van der Waals surface area contributed by atoms with Gasteiger partial charge in [0.2, 0.25) is 0 Å². The number of esters is 2. The van der Waals surface area contributed by atoms with Crippen LogP contribution in [0.15, 0.2) is 54.2 Å². The lowest BCUT2D eigenvalue weighted by Crippen LogP contribution is -2.17. The van der Waals surface area contributed by atoms with Gasteiger partial charge in [0.15, 0.2) is 4.91 Å². The molecule has 0 amide bonds. The topological polar surface area (TPSA) is 107 Å². The van der Waals surface area contributed by atoms with Crippen LogP contribution in [0.3, 0.4) is 0 Å². The van der Waals surface area contributed by atoms with Crippen LogP contribution in [0.4, 0.5) is 0 Å². The van der Waals surface area contributed by atoms with Crippen molar-refractivity contribution in [3.8, 4) is 5.75 Å². The molecule has 0 heterocycles. The summed E-state index contributed by atoms with van der Waals surface area (Å²) in [7, 11) is -4.94. The molecule has 0 saturated heterocycles. The Hall–Kier alpha value is -2.45. The molecular weight excluding hydrogens is 288 g/mol. The highest BCUT2D eigenvalue weighted by Crippen LogP contribution is 2.11. The Kier molecular flexibility index (Phi) is 5.18. The van der Waals surface area contributed by atoms with Crippen molar-refractivity contribution in [2.45, 2.75) is 0 Å². The molecule has 20 heavy (non-hydrogen) atoms. The molecule has 106 valence electrons. The van der Waals surface area contributed by atoms with Crippen LogP contribution in [0.1, 0.15) is 0 Å². The minimum absolute atomic E-state index is 0.139. The van der Waals surface area contributed by atoms with Crippen molar-refractivity contribution in [2.75, 3.05) is 0 Å². The van der Waals surface area contributed by atoms with Crippen molar-refractivity contribution < 1.29 is 32.0 Å². The maximum absolute atomic E-state index is 11.5. The summed E-state index contributed by atoms with van der Waals surface area (Å²) >= 11 is 0. The lowest BCUT2D eigenvalue weighted by atomic mass is 10.3. The van der Waals surface area contributed by atoms with Gasteiger partial charge in [-0.15, -0.1) is 0 Å². The first-order valence-electron chi connectivity index (χ1n) is 5.12. The van der Waals surface area contributed by atoms with Crippen molar-refractivity contribution in [1.82, 2.24) is 0 Å². The van der Waals surface area contributed by atoms with E-state index in [1.165, 1.54) is 12.1 Å². The number of rotatable bonds is 5. The summed E-state index contributed by atoms with van der Waals surface area (Å²) in [6.45, 7) is 3.05. The fraction of sp³-hybridized carbons (Fsp3) is 0. The van der Waals surface area contributed by atoms with Gasteiger partial charge in [0.05, 0.1) is 12.3 Å². The monoisotopic (exact) mass is 298 g/mol. The van der Waals surface area contributed by atoms with Crippen LogP contribution in [0.25, 0.3) is 0 Å². The Morgan fingerprint density at radius 3 is 2.30 bits per heavy atom. The lowest BCUT2D eigenvalue weighted by molar-refractivity contribution is -0.134. The molecule has 0 unspecified atom stereocenters. The van der Waals surface area contributed by atoms with Crippen LogP contribution >= 0.6 is 0 Å². The summed E-state index contributed by atoms with van der Waals surface area (Å²) in [5.74, 6) is -2.47. The molecule has 0 aliphatic rings. The van der Waals surface area contributed by atoms with Crippen molar-refractivity contribution in [3.63, 3.8) is 0 Å². The maximum atomic E-state index is 11.5. The van der Waals surface area contributed by atoms with Gasteiger partial charge in [-0.2, -0.15) is 8.42 Å². The third kappa shape index (κ3) is 4.67. The SMILES string of the molecule is C=COC(=O)/C(=C\C(=O)Oc1ccccc1)S(=O)(=O)O. The van der Waals surface area contributed by atoms with E-state index in [0.29, 0.717) is 12.3 Å². The average molecular weight is 298 g/mol. The zero-order valence-corrected chi connectivity index (χ0v) is 10.9. The van der Waals surface area contributed by atoms with Crippen molar-refractivity contribution >= 4 is 22.1 Å². The molecule has 0 saturated carbocycles. The Labute approximate surface area is 114 Å². The summed E-state index contributed by atoms with van der Waals surface area (Å²) in [5, 5.41) is 0. The summed E-state index contributed by atoms with van der Waals surface area (Å²) in [5.41, 5.74) is 0. The second-order valence-electron chi connectivity index (χ2n) is 3.29. The van der Waals surface area contributed by atoms with E-state index >= 15 is 0 Å². The number of hydrogen-bond acceptors (Lipinski definition) is 6. The smallest absolute Gasteiger partial charge is 0.357 e. The second-order valence-corrected chi connectivity index (χ2v) is 4.68. The number of carbonyl (C=O) groups is 2. The molecular formula is C12H10O7S. The molecule has 0 spiro atoms. The van der Waals surface area contributed by atoms with Gasteiger partial charge in [-0.25, -0.2) is 9.59 Å². The number of carbonyl (C=O) groups excluding carboxylic acids is 2. The average Bonchev–Trinajstić information content (AvgIpc) is 2.36. The first-order chi connectivity index (χ1) is 9.34. The number of benzene rings is 1. The Balaban J connectivity index is 2.99. The van der Waals surface area contributed by atoms with Crippen LogP contribution in [0.5, 0.6) is 5.75 Å². The normalized spacial score (nSPS) is 11.6. The van der Waals surface area contributed by atoms with Gasteiger partial charge >= 0.3 is 22.1 Å². The van der Waals surface area contributed by atoms with Crippen LogP contribution in [0, 0.1) is 0 Å². The predicted octanol–water partition coefficient (Wildman–Crippen LogP) is 1.05. The largest absolute Gasteiger partial charge is 0.431 e. The molecule has 1 aromatic carbocycles. The van der Waals surface area contributed by atoms with E-state index in [4.69, 9.17) is 9.29 Å². The molecule has 0 aliphatic carbocycles. The van der Waals surface area contributed by atoms with Gasteiger partial charge in [0.25, 0.3) is 0 Å². The van der Waals surface area contributed by atoms with Crippen LogP contribution in [0.2, 0.25) is 0 Å². The third-order valence-electron chi connectivity index (χ3n) is 1.88. The Morgan fingerprint density at radius 2 is 1.80 bits per heavy atom. The van der Waals surface area contributed by atoms with Gasteiger partial charge in [0.1, 0.15) is 5.75 Å². The Morgan fingerprint density at radius 1 is 1.20 bits per heavy atom. The molecule has 1 rings (SSSR count). The van der Waals surface area contributed by atoms with Crippen molar-refractivity contribution in [2.24, 2.45) is 0 Å². The van der Waals surface area contributed by atoms with Gasteiger partial charge in [-0.1, -0.05) is 24.8 Å². The number of hydrogen-bond donors (Lipinski definition) is 1. The van der Waals surface area contributed by atoms with E-state index < -0.39 is 27.0 Å². The molecule has 0 bridgehead atoms. The molecule has 0 aromatic heterocycles. The minimum Gasteiger partial charge on any atom is -0.431 e. The zero-order valence-electron chi connectivity index (χ0n) is 10.1. The molecule has 1 N–H and O–H groups in total. The van der Waals surface area contributed by atoms with E-state index in [1.54, 1.807) is 18.2 Å². The molecule has 0 radical (unpaired) electrons. The highest BCUT2D eigenvalue weighted by molar-refractivity contribution is 7.90. The lowest BCUT2D eigenvalue weighted by Gasteiger charge is -2.03. The fourth-order valence-corrected chi connectivity index (χ4v) is 1.62. The van der Waals surface area contributed by atoms with E-state index in [2.05, 4.69) is 11.3 Å². The summed E-state index contributed by atoms with van der Waals surface area (Å²) in [4.78, 5) is 21.5. The molecule has 7 nitrogen and oxygen atoms in total. The van der Waals surface area contributed by atoms with Crippen molar-refractivity contribution in [1.29, 1.82) is 0 Å². The first kappa shape index (κ1) is 15.6. The molecule has 0 fully saturated rings. The summed E-state index contributed by atoms with van der Waals surface area (Å²) in [6.07, 6.45) is 0.970. The molecule has 0 aliphatic heterocycles. The van der Waals surface area contributed by atoms with Gasteiger partial charge in [-0.05, 0) is 12.1 Å². The predicted molar refractivity (Wildman–Crippen MR) is 68.0 cm³/mol. The molecule has 0 atom stereocenters. The summed E-state index contributed by atoms with van der Waals surface area (Å²) < 4.78 is 39.7. The second kappa shape index (κ2) is 6.64. The van der Waals surface area contributed by atoms with Crippen LogP contribution in [-0.2, 0) is 24.4 Å². The van der Waals surface area contributed by atoms with Gasteiger partial charge in [0, 0.05) is 0 Å². The maximum Gasteiger partial charge on any atom is 0.357 e. The van der Waals surface area contributed by atoms with E-state index in [1.807, 2.05) is 0 Å². The Bertz CT molecular complexity index is 644. The number of para-hydroxylation sites is 1. The van der Waals surface area contributed by atoms with Gasteiger partial charge < -0.3 is 9.47 Å². The van der Waals surface area contributed by atoms with Crippen LogP contribution < -0.4 is 4.74 Å². The minimum atomic E-state index is -4.94. The van der Waals surface area contributed by atoms with E-state index in [-0.39, 0.29) is 5.75 Å². The van der Waals surface area contributed by atoms with Crippen molar-refractivity contribution in [3.05, 3.63) is 54.2 Å². The standard InChI is InChI=1S/C12H10O7S/c1-2-18-12(14)10(20(15,16)17)8-11(13)19-9-6-4-3-5-7-9/h2-8H,1H2,(H,15,16,17)/b10-8+. The zero-order chi connectivity index (χ0) is 15.2. The first-order valence-corrected chi connectivity index (χ1v) is 6.56.